The van der Waals surface area contributed by atoms with Gasteiger partial charge in [0.05, 0.1) is 6.10 Å². The zero-order chi connectivity index (χ0) is 18.4. The fraction of sp³-hybridized carbons (Fsp3) is 0.733. The van der Waals surface area contributed by atoms with Crippen LogP contribution in [0.1, 0.15) is 34.6 Å². The van der Waals surface area contributed by atoms with Crippen LogP contribution in [-0.4, -0.2) is 61.0 Å². The zero-order valence-electron chi connectivity index (χ0n) is 14.3. The van der Waals surface area contributed by atoms with Crippen LogP contribution in [0.25, 0.3) is 0 Å². The van der Waals surface area contributed by atoms with Gasteiger partial charge >= 0.3 is 23.9 Å². The lowest BCUT2D eigenvalue weighted by atomic mass is 9.95. The molecule has 1 heterocycles. The zero-order valence-corrected chi connectivity index (χ0v) is 14.3. The van der Waals surface area contributed by atoms with E-state index in [4.69, 9.17) is 23.7 Å². The highest BCUT2D eigenvalue weighted by Gasteiger charge is 2.50. The van der Waals surface area contributed by atoms with E-state index in [1.165, 1.54) is 27.7 Å². The molecule has 0 bridgehead atoms. The fourth-order valence-corrected chi connectivity index (χ4v) is 2.44. The van der Waals surface area contributed by atoms with Gasteiger partial charge in [-0.2, -0.15) is 0 Å². The second-order valence-corrected chi connectivity index (χ2v) is 5.40. The first kappa shape index (κ1) is 19.9. The minimum Gasteiger partial charge on any atom is -0.463 e. The molecule has 1 aliphatic heterocycles. The summed E-state index contributed by atoms with van der Waals surface area (Å²) in [5.74, 6) is -2.44. The molecule has 1 aliphatic rings. The van der Waals surface area contributed by atoms with Crippen molar-refractivity contribution in [3.63, 3.8) is 0 Å². The van der Waals surface area contributed by atoms with Crippen LogP contribution >= 0.6 is 0 Å². The summed E-state index contributed by atoms with van der Waals surface area (Å²) in [6.45, 7) is 6.17. The Morgan fingerprint density at radius 1 is 0.750 bits per heavy atom. The Balaban J connectivity index is 3.11. The van der Waals surface area contributed by atoms with E-state index in [0.29, 0.717) is 0 Å². The monoisotopic (exact) mass is 346 g/mol. The van der Waals surface area contributed by atoms with Crippen LogP contribution < -0.4 is 0 Å². The highest BCUT2D eigenvalue weighted by molar-refractivity contribution is 5.68. The minimum atomic E-state index is -1.09. The molecule has 9 nitrogen and oxygen atoms in total. The summed E-state index contributed by atoms with van der Waals surface area (Å²) in [4.78, 5) is 45.2. The molecule has 0 aromatic rings. The molecular weight excluding hydrogens is 324 g/mol. The summed E-state index contributed by atoms with van der Waals surface area (Å²) in [6, 6.07) is 0. The molecule has 1 rings (SSSR count). The molecule has 0 radical (unpaired) electrons. The summed E-state index contributed by atoms with van der Waals surface area (Å²) in [5.41, 5.74) is 0. The Kier molecular flexibility index (Phi) is 7.15. The SMILES string of the molecule is CC(=O)OC[C@@H]1O[C@@H](C)C(OC(C)=O)C(OC(C)=O)C1OC(C)=O. The molecule has 0 N–H and O–H groups in total. The van der Waals surface area contributed by atoms with Gasteiger partial charge in [0.1, 0.15) is 12.7 Å². The Morgan fingerprint density at radius 3 is 1.67 bits per heavy atom. The topological polar surface area (TPSA) is 114 Å². The maximum Gasteiger partial charge on any atom is 0.303 e. The van der Waals surface area contributed by atoms with Crippen molar-refractivity contribution in [2.24, 2.45) is 0 Å². The second-order valence-electron chi connectivity index (χ2n) is 5.40. The molecule has 0 aliphatic carbocycles. The van der Waals surface area contributed by atoms with Crippen molar-refractivity contribution in [3.8, 4) is 0 Å². The van der Waals surface area contributed by atoms with Crippen LogP contribution in [-0.2, 0) is 42.9 Å². The number of ether oxygens (including phenoxy) is 5. The molecule has 1 saturated heterocycles. The van der Waals surface area contributed by atoms with Crippen LogP contribution in [0, 0.1) is 0 Å². The first-order chi connectivity index (χ1) is 11.1. The highest BCUT2D eigenvalue weighted by Crippen LogP contribution is 2.28. The Morgan fingerprint density at radius 2 is 1.21 bits per heavy atom. The summed E-state index contributed by atoms with van der Waals surface area (Å²) in [5, 5.41) is 0. The largest absolute Gasteiger partial charge is 0.463 e. The number of hydrogen-bond acceptors (Lipinski definition) is 9. The van der Waals surface area contributed by atoms with E-state index in [0.717, 1.165) is 0 Å². The van der Waals surface area contributed by atoms with Crippen molar-refractivity contribution in [1.29, 1.82) is 0 Å². The van der Waals surface area contributed by atoms with E-state index in [1.807, 2.05) is 0 Å². The van der Waals surface area contributed by atoms with E-state index in [9.17, 15) is 19.2 Å². The summed E-state index contributed by atoms with van der Waals surface area (Å²) < 4.78 is 26.1. The molecule has 1 fully saturated rings. The van der Waals surface area contributed by atoms with Crippen LogP contribution in [0.2, 0.25) is 0 Å². The van der Waals surface area contributed by atoms with E-state index >= 15 is 0 Å². The molecule has 5 atom stereocenters. The quantitative estimate of drug-likeness (QED) is 0.506. The third-order valence-electron chi connectivity index (χ3n) is 3.22. The average Bonchev–Trinajstić information content (AvgIpc) is 2.42. The maximum atomic E-state index is 11.4. The van der Waals surface area contributed by atoms with Crippen LogP contribution in [0.5, 0.6) is 0 Å². The molecule has 0 spiro atoms. The summed E-state index contributed by atoms with van der Waals surface area (Å²) in [7, 11) is 0. The molecule has 0 amide bonds. The van der Waals surface area contributed by atoms with Gasteiger partial charge in [-0.25, -0.2) is 0 Å². The number of carbonyl (C=O) groups excluding carboxylic acids is 4. The normalized spacial score (nSPS) is 29.3. The Bertz CT molecular complexity index is 501. The van der Waals surface area contributed by atoms with Gasteiger partial charge in [0.25, 0.3) is 0 Å². The van der Waals surface area contributed by atoms with E-state index in [-0.39, 0.29) is 6.61 Å². The third-order valence-corrected chi connectivity index (χ3v) is 3.22. The lowest BCUT2D eigenvalue weighted by Crippen LogP contribution is -2.61. The Labute approximate surface area is 139 Å². The number of esters is 4. The average molecular weight is 346 g/mol. The van der Waals surface area contributed by atoms with Crippen molar-refractivity contribution < 1.29 is 42.9 Å². The number of hydrogen-bond donors (Lipinski definition) is 0. The van der Waals surface area contributed by atoms with Gasteiger partial charge in [0, 0.05) is 27.7 Å². The van der Waals surface area contributed by atoms with Crippen molar-refractivity contribution in [3.05, 3.63) is 0 Å². The van der Waals surface area contributed by atoms with Gasteiger partial charge in [-0.15, -0.1) is 0 Å². The second kappa shape index (κ2) is 8.62. The molecule has 0 saturated carbocycles. The predicted molar refractivity (Wildman–Crippen MR) is 77.6 cm³/mol. The smallest absolute Gasteiger partial charge is 0.303 e. The standard InChI is InChI=1S/C15H22O9/c1-7-13(22-9(3)17)15(24-11(5)19)14(23-10(4)18)12(21-7)6-20-8(2)16/h7,12-15H,6H2,1-5H3/t7-,12-,13?,14?,15?/m0/s1. The maximum absolute atomic E-state index is 11.4. The van der Waals surface area contributed by atoms with E-state index in [2.05, 4.69) is 0 Å². The van der Waals surface area contributed by atoms with Gasteiger partial charge in [-0.05, 0) is 6.92 Å². The van der Waals surface area contributed by atoms with Crippen LogP contribution in [0.4, 0.5) is 0 Å². The fourth-order valence-electron chi connectivity index (χ4n) is 2.44. The molecule has 136 valence electrons. The van der Waals surface area contributed by atoms with Crippen LogP contribution in [0.15, 0.2) is 0 Å². The van der Waals surface area contributed by atoms with E-state index < -0.39 is 54.4 Å². The van der Waals surface area contributed by atoms with Gasteiger partial charge in [0.15, 0.2) is 18.3 Å². The molecule has 0 aromatic carbocycles. The molecule has 9 heteroatoms. The first-order valence-electron chi connectivity index (χ1n) is 7.42. The van der Waals surface area contributed by atoms with Gasteiger partial charge in [0.2, 0.25) is 0 Å². The Hall–Kier alpha value is -2.16. The summed E-state index contributed by atoms with van der Waals surface area (Å²) in [6.07, 6.45) is -4.69. The van der Waals surface area contributed by atoms with Crippen molar-refractivity contribution >= 4 is 23.9 Å². The summed E-state index contributed by atoms with van der Waals surface area (Å²) >= 11 is 0. The number of carbonyl (C=O) groups is 4. The molecule has 0 aromatic heterocycles. The lowest BCUT2D eigenvalue weighted by Gasteiger charge is -2.43. The van der Waals surface area contributed by atoms with Crippen LogP contribution in [0.3, 0.4) is 0 Å². The van der Waals surface area contributed by atoms with E-state index in [1.54, 1.807) is 6.92 Å². The highest BCUT2D eigenvalue weighted by atomic mass is 16.7. The van der Waals surface area contributed by atoms with Gasteiger partial charge in [-0.3, -0.25) is 19.2 Å². The van der Waals surface area contributed by atoms with Crippen molar-refractivity contribution in [2.75, 3.05) is 6.61 Å². The van der Waals surface area contributed by atoms with Crippen molar-refractivity contribution in [1.82, 2.24) is 0 Å². The minimum absolute atomic E-state index is 0.206. The molecule has 3 unspecified atom stereocenters. The molecular formula is C15H22O9. The third kappa shape index (κ3) is 5.80. The van der Waals surface area contributed by atoms with Gasteiger partial charge < -0.3 is 23.7 Å². The van der Waals surface area contributed by atoms with Crippen molar-refractivity contribution in [2.45, 2.75) is 65.1 Å². The predicted octanol–water partition coefficient (Wildman–Crippen LogP) is 0.132. The van der Waals surface area contributed by atoms with Gasteiger partial charge in [-0.1, -0.05) is 0 Å². The number of rotatable bonds is 5. The molecule has 24 heavy (non-hydrogen) atoms. The first-order valence-corrected chi connectivity index (χ1v) is 7.42. The lowest BCUT2D eigenvalue weighted by molar-refractivity contribution is -0.249.